The summed E-state index contributed by atoms with van der Waals surface area (Å²) in [6, 6.07) is 0.493. The molecule has 0 aromatic carbocycles. The fraction of sp³-hybridized carbons (Fsp3) is 1.00. The summed E-state index contributed by atoms with van der Waals surface area (Å²) in [7, 11) is 0. The Balaban J connectivity index is 2.03. The predicted octanol–water partition coefficient (Wildman–Crippen LogP) is 1.80. The number of nitrogens with one attached hydrogen (secondary N) is 1. The van der Waals surface area contributed by atoms with Crippen molar-refractivity contribution in [2.24, 2.45) is 11.3 Å². The van der Waals surface area contributed by atoms with E-state index in [0.717, 1.165) is 6.61 Å². The van der Waals surface area contributed by atoms with E-state index in [2.05, 4.69) is 33.0 Å². The first-order chi connectivity index (χ1) is 7.44. The zero-order valence-electron chi connectivity index (χ0n) is 11.1. The third kappa shape index (κ3) is 4.81. The monoisotopic (exact) mass is 229 g/mol. The molecule has 1 saturated carbocycles. The van der Waals surface area contributed by atoms with Crippen LogP contribution < -0.4 is 5.32 Å². The van der Waals surface area contributed by atoms with Gasteiger partial charge >= 0.3 is 0 Å². The molecule has 0 spiro atoms. The zero-order chi connectivity index (χ0) is 12.2. The highest BCUT2D eigenvalue weighted by Crippen LogP contribution is 2.47. The van der Waals surface area contributed by atoms with Crippen molar-refractivity contribution in [2.75, 3.05) is 19.8 Å². The maximum atomic E-state index is 9.71. The average molecular weight is 229 g/mol. The predicted molar refractivity (Wildman–Crippen MR) is 66.5 cm³/mol. The van der Waals surface area contributed by atoms with Crippen molar-refractivity contribution in [2.45, 2.75) is 52.7 Å². The van der Waals surface area contributed by atoms with Crippen LogP contribution in [0.2, 0.25) is 0 Å². The van der Waals surface area contributed by atoms with Crippen LogP contribution in [-0.4, -0.2) is 37.0 Å². The van der Waals surface area contributed by atoms with Crippen LogP contribution in [0.5, 0.6) is 0 Å². The summed E-state index contributed by atoms with van der Waals surface area (Å²) in [5.74, 6) is 0.532. The molecule has 0 saturated heterocycles. The highest BCUT2D eigenvalue weighted by atomic mass is 16.5. The van der Waals surface area contributed by atoms with Gasteiger partial charge in [0, 0.05) is 19.2 Å². The van der Waals surface area contributed by atoms with Gasteiger partial charge in [0.2, 0.25) is 0 Å². The fourth-order valence-electron chi connectivity index (χ4n) is 1.69. The van der Waals surface area contributed by atoms with Crippen molar-refractivity contribution in [1.29, 1.82) is 0 Å². The molecule has 1 aliphatic rings. The molecule has 1 rings (SSSR count). The molecule has 0 bridgehead atoms. The second kappa shape index (κ2) is 5.99. The van der Waals surface area contributed by atoms with E-state index in [1.807, 2.05) is 0 Å². The summed E-state index contributed by atoms with van der Waals surface area (Å²) in [5.41, 5.74) is 0.471. The lowest BCUT2D eigenvalue weighted by Crippen LogP contribution is -2.40. The van der Waals surface area contributed by atoms with Gasteiger partial charge in [-0.05, 0) is 31.1 Å². The normalized spacial score (nSPS) is 22.1. The van der Waals surface area contributed by atoms with Gasteiger partial charge in [-0.3, -0.25) is 0 Å². The van der Waals surface area contributed by atoms with Crippen molar-refractivity contribution >= 4 is 0 Å². The van der Waals surface area contributed by atoms with E-state index in [0.29, 0.717) is 30.5 Å². The molecule has 2 unspecified atom stereocenters. The lowest BCUT2D eigenvalue weighted by atomic mass is 10.0. The van der Waals surface area contributed by atoms with Crippen molar-refractivity contribution in [3.05, 3.63) is 0 Å². The van der Waals surface area contributed by atoms with Crippen LogP contribution in [0.1, 0.15) is 40.5 Å². The van der Waals surface area contributed by atoms with Gasteiger partial charge in [-0.2, -0.15) is 0 Å². The summed E-state index contributed by atoms with van der Waals surface area (Å²) in [4.78, 5) is 0. The molecule has 2 atom stereocenters. The Kier molecular flexibility index (Phi) is 5.22. The molecule has 2 N–H and O–H groups in total. The summed E-state index contributed by atoms with van der Waals surface area (Å²) >= 11 is 0. The summed E-state index contributed by atoms with van der Waals surface area (Å²) in [6.07, 6.45) is 2.23. The molecule has 0 amide bonds. The van der Waals surface area contributed by atoms with Crippen molar-refractivity contribution in [1.82, 2.24) is 5.32 Å². The molecule has 96 valence electrons. The van der Waals surface area contributed by atoms with Gasteiger partial charge in [0.1, 0.15) is 0 Å². The number of hydrogen-bond acceptors (Lipinski definition) is 3. The van der Waals surface area contributed by atoms with Crippen LogP contribution in [0.15, 0.2) is 0 Å². The molecule has 1 aliphatic carbocycles. The second-order valence-electron chi connectivity index (χ2n) is 5.87. The van der Waals surface area contributed by atoms with E-state index < -0.39 is 0 Å². The van der Waals surface area contributed by atoms with E-state index in [9.17, 15) is 5.11 Å². The minimum Gasteiger partial charge on any atom is -0.389 e. The Morgan fingerprint density at radius 1 is 1.25 bits per heavy atom. The van der Waals surface area contributed by atoms with Gasteiger partial charge in [0.05, 0.1) is 12.7 Å². The van der Waals surface area contributed by atoms with Crippen LogP contribution in [0.4, 0.5) is 0 Å². The Morgan fingerprint density at radius 2 is 1.88 bits per heavy atom. The molecule has 1 fully saturated rings. The SMILES string of the molecule is CC(C)COCC(O)CNC(C)C1(C)CC1. The Bertz CT molecular complexity index is 202. The largest absolute Gasteiger partial charge is 0.389 e. The second-order valence-corrected chi connectivity index (χ2v) is 5.87. The molecule has 0 aliphatic heterocycles. The van der Waals surface area contributed by atoms with Gasteiger partial charge in [-0.25, -0.2) is 0 Å². The van der Waals surface area contributed by atoms with Crippen molar-refractivity contribution < 1.29 is 9.84 Å². The minimum atomic E-state index is -0.386. The van der Waals surface area contributed by atoms with E-state index >= 15 is 0 Å². The molecule has 3 nitrogen and oxygen atoms in total. The van der Waals surface area contributed by atoms with E-state index in [-0.39, 0.29) is 6.10 Å². The van der Waals surface area contributed by atoms with E-state index in [1.54, 1.807) is 0 Å². The molecule has 0 radical (unpaired) electrons. The first-order valence-corrected chi connectivity index (χ1v) is 6.43. The van der Waals surface area contributed by atoms with Gasteiger partial charge in [0.25, 0.3) is 0 Å². The lowest BCUT2D eigenvalue weighted by molar-refractivity contribution is 0.0242. The third-order valence-electron chi connectivity index (χ3n) is 3.51. The zero-order valence-corrected chi connectivity index (χ0v) is 11.1. The molecule has 0 aromatic rings. The smallest absolute Gasteiger partial charge is 0.0897 e. The fourth-order valence-corrected chi connectivity index (χ4v) is 1.69. The maximum absolute atomic E-state index is 9.71. The molecule has 0 aromatic heterocycles. The van der Waals surface area contributed by atoms with Crippen molar-refractivity contribution in [3.63, 3.8) is 0 Å². The number of ether oxygens (including phenoxy) is 1. The van der Waals surface area contributed by atoms with E-state index in [1.165, 1.54) is 12.8 Å². The number of aliphatic hydroxyl groups excluding tert-OH is 1. The van der Waals surface area contributed by atoms with Crippen LogP contribution in [0.25, 0.3) is 0 Å². The molecular weight excluding hydrogens is 202 g/mol. The van der Waals surface area contributed by atoms with Gasteiger partial charge in [-0.15, -0.1) is 0 Å². The first kappa shape index (κ1) is 13.9. The van der Waals surface area contributed by atoms with Gasteiger partial charge in [-0.1, -0.05) is 20.8 Å². The highest BCUT2D eigenvalue weighted by Gasteiger charge is 2.42. The number of hydrogen-bond donors (Lipinski definition) is 2. The first-order valence-electron chi connectivity index (χ1n) is 6.43. The highest BCUT2D eigenvalue weighted by molar-refractivity contribution is 4.96. The molecular formula is C13H27NO2. The van der Waals surface area contributed by atoms with Crippen LogP contribution in [-0.2, 0) is 4.74 Å². The van der Waals surface area contributed by atoms with Crippen LogP contribution in [0.3, 0.4) is 0 Å². The van der Waals surface area contributed by atoms with Gasteiger partial charge < -0.3 is 15.2 Å². The summed E-state index contributed by atoms with van der Waals surface area (Å²) in [6.45, 7) is 10.5. The van der Waals surface area contributed by atoms with Crippen LogP contribution in [0, 0.1) is 11.3 Å². The maximum Gasteiger partial charge on any atom is 0.0897 e. The topological polar surface area (TPSA) is 41.5 Å². The molecule has 16 heavy (non-hydrogen) atoms. The number of rotatable bonds is 8. The summed E-state index contributed by atoms with van der Waals surface area (Å²) in [5, 5.41) is 13.1. The summed E-state index contributed by atoms with van der Waals surface area (Å²) < 4.78 is 5.40. The minimum absolute atomic E-state index is 0.386. The third-order valence-corrected chi connectivity index (χ3v) is 3.51. The van der Waals surface area contributed by atoms with E-state index in [4.69, 9.17) is 4.74 Å². The average Bonchev–Trinajstić information content (AvgIpc) is 2.93. The van der Waals surface area contributed by atoms with Crippen LogP contribution >= 0.6 is 0 Å². The molecule has 0 heterocycles. The Hall–Kier alpha value is -0.120. The van der Waals surface area contributed by atoms with Crippen molar-refractivity contribution in [3.8, 4) is 0 Å². The Morgan fingerprint density at radius 3 is 2.38 bits per heavy atom. The Labute approximate surface area is 99.6 Å². The standard InChI is InChI=1S/C13H27NO2/c1-10(2)8-16-9-12(15)7-14-11(3)13(4)5-6-13/h10-12,14-15H,5-9H2,1-4H3. The van der Waals surface area contributed by atoms with Gasteiger partial charge in [0.15, 0.2) is 0 Å². The lowest BCUT2D eigenvalue weighted by Gasteiger charge is -2.22. The molecule has 3 heteroatoms. The quantitative estimate of drug-likeness (QED) is 0.667. The number of aliphatic hydroxyl groups is 1.